The van der Waals surface area contributed by atoms with E-state index in [0.717, 1.165) is 44.9 Å². The topological polar surface area (TPSA) is 71.1 Å². The Labute approximate surface area is 347 Å². The van der Waals surface area contributed by atoms with Crippen molar-refractivity contribution < 1.29 is 28.5 Å². The van der Waals surface area contributed by atoms with Gasteiger partial charge in [0, 0.05) is 35.1 Å². The van der Waals surface area contributed by atoms with E-state index >= 15 is 0 Å². The third-order valence-electron chi connectivity index (χ3n) is 10.8. The number of carbonyl (C=O) groups is 2. The van der Waals surface area contributed by atoms with Crippen LogP contribution in [-0.2, 0) is 24.5 Å². The Kier molecular flexibility index (Phi) is 12.3. The van der Waals surface area contributed by atoms with Crippen molar-refractivity contribution in [3.8, 4) is 44.9 Å². The van der Waals surface area contributed by atoms with Gasteiger partial charge in [-0.2, -0.15) is 0 Å². The van der Waals surface area contributed by atoms with Crippen LogP contribution in [-0.4, -0.2) is 37.4 Å². The van der Waals surface area contributed by atoms with Gasteiger partial charge in [-0.05, 0) is 96.5 Å². The monoisotopic (exact) mass is 782 g/mol. The van der Waals surface area contributed by atoms with E-state index in [0.29, 0.717) is 37.2 Å². The van der Waals surface area contributed by atoms with Gasteiger partial charge in [0.2, 0.25) is 0 Å². The van der Waals surface area contributed by atoms with Crippen molar-refractivity contribution in [1.82, 2.24) is 0 Å². The van der Waals surface area contributed by atoms with Crippen LogP contribution in [0, 0.1) is 0 Å². The van der Waals surface area contributed by atoms with Crippen molar-refractivity contribution in [3.05, 3.63) is 192 Å². The summed E-state index contributed by atoms with van der Waals surface area (Å²) >= 11 is 0. The molecule has 6 aromatic rings. The molecule has 0 bridgehead atoms. The molecule has 0 aromatic heterocycles. The van der Waals surface area contributed by atoms with E-state index in [4.69, 9.17) is 18.9 Å². The molecule has 0 saturated heterocycles. The summed E-state index contributed by atoms with van der Waals surface area (Å²) in [6.45, 7) is 15.2. The van der Waals surface area contributed by atoms with Crippen LogP contribution in [0.15, 0.2) is 170 Å². The number of rotatable bonds is 16. The van der Waals surface area contributed by atoms with Gasteiger partial charge in [0.05, 0.1) is 18.6 Å². The Morgan fingerprint density at radius 2 is 0.881 bits per heavy atom. The van der Waals surface area contributed by atoms with Gasteiger partial charge in [0.1, 0.15) is 23.7 Å². The molecule has 298 valence electrons. The lowest BCUT2D eigenvalue weighted by molar-refractivity contribution is -0.144. The molecule has 2 unspecified atom stereocenters. The van der Waals surface area contributed by atoms with Crippen molar-refractivity contribution in [1.29, 1.82) is 0 Å². The van der Waals surface area contributed by atoms with Crippen molar-refractivity contribution in [3.63, 3.8) is 0 Å². The Balaban J connectivity index is 1.35. The molecule has 7 rings (SSSR count). The molecule has 0 heterocycles. The standard InChI is InChI=1S/C53H50O6/c1-35(2)51(54)58-37(5)29-31-56-49-27-25-41(33-45(49)39-17-9-7-10-18-39)53(47-23-15-13-21-43(47)44-22-14-16-24-48(44)53)42-26-28-50(46(34-42)40-19-11-8-12-20-40)57-32-30-38(6)59-52(55)36(3)4/h7-28,33-34,37-38H,1,3,29-32H2,2,4-6H3. The lowest BCUT2D eigenvalue weighted by Gasteiger charge is -2.35. The molecule has 6 heteroatoms. The van der Waals surface area contributed by atoms with Gasteiger partial charge in [0.15, 0.2) is 0 Å². The van der Waals surface area contributed by atoms with E-state index in [9.17, 15) is 9.59 Å². The lowest BCUT2D eigenvalue weighted by Crippen LogP contribution is -2.29. The summed E-state index contributed by atoms with van der Waals surface area (Å²) in [6.07, 6.45) is 0.382. The first-order valence-electron chi connectivity index (χ1n) is 20.2. The molecule has 0 N–H and O–H groups in total. The number of ether oxygens (including phenoxy) is 4. The Bertz CT molecular complexity index is 2310. The molecule has 6 nitrogen and oxygen atoms in total. The molecule has 1 aliphatic carbocycles. The Morgan fingerprint density at radius 3 is 1.27 bits per heavy atom. The zero-order chi connectivity index (χ0) is 41.5. The van der Waals surface area contributed by atoms with Crippen LogP contribution in [0.4, 0.5) is 0 Å². The SMILES string of the molecule is C=C(C)C(=O)OC(C)CCOc1ccc(C2(c3ccc(OCCC(C)OC(=O)C(=C)C)c(-c4ccccc4)c3)c3ccccc3-c3ccccc32)cc1-c1ccccc1. The van der Waals surface area contributed by atoms with Crippen molar-refractivity contribution in [2.45, 2.75) is 58.2 Å². The second-order valence-corrected chi connectivity index (χ2v) is 15.3. The minimum Gasteiger partial charge on any atom is -0.493 e. The highest BCUT2D eigenvalue weighted by Crippen LogP contribution is 2.57. The van der Waals surface area contributed by atoms with Crippen LogP contribution in [0.3, 0.4) is 0 Å². The van der Waals surface area contributed by atoms with Gasteiger partial charge in [-0.25, -0.2) is 9.59 Å². The number of carbonyl (C=O) groups excluding carboxylic acids is 2. The molecule has 0 fully saturated rings. The molecule has 0 saturated carbocycles. The fraction of sp³-hybridized carbons (Fsp3) is 0.208. The second kappa shape index (κ2) is 17.9. The van der Waals surface area contributed by atoms with Gasteiger partial charge >= 0.3 is 11.9 Å². The number of esters is 2. The van der Waals surface area contributed by atoms with Gasteiger partial charge in [0.25, 0.3) is 0 Å². The molecule has 59 heavy (non-hydrogen) atoms. The van der Waals surface area contributed by atoms with Gasteiger partial charge < -0.3 is 18.9 Å². The Morgan fingerprint density at radius 1 is 0.508 bits per heavy atom. The van der Waals surface area contributed by atoms with Crippen LogP contribution >= 0.6 is 0 Å². The fourth-order valence-electron chi connectivity index (χ4n) is 7.84. The summed E-state index contributed by atoms with van der Waals surface area (Å²) in [5.41, 5.74) is 10.9. The molecule has 0 spiro atoms. The maximum absolute atomic E-state index is 12.2. The van der Waals surface area contributed by atoms with Crippen molar-refractivity contribution in [2.24, 2.45) is 0 Å². The smallest absolute Gasteiger partial charge is 0.333 e. The minimum absolute atomic E-state index is 0.332. The maximum atomic E-state index is 12.2. The Hall–Kier alpha value is -6.66. The highest BCUT2D eigenvalue weighted by Gasteiger charge is 2.46. The highest BCUT2D eigenvalue weighted by atomic mass is 16.5. The first-order chi connectivity index (χ1) is 28.6. The van der Waals surface area contributed by atoms with Crippen LogP contribution in [0.2, 0.25) is 0 Å². The third-order valence-corrected chi connectivity index (χ3v) is 10.8. The van der Waals surface area contributed by atoms with Crippen LogP contribution in [0.5, 0.6) is 11.5 Å². The van der Waals surface area contributed by atoms with Crippen molar-refractivity contribution in [2.75, 3.05) is 13.2 Å². The van der Waals surface area contributed by atoms with E-state index in [1.54, 1.807) is 13.8 Å². The second-order valence-electron chi connectivity index (χ2n) is 15.3. The zero-order valence-corrected chi connectivity index (χ0v) is 34.2. The maximum Gasteiger partial charge on any atom is 0.333 e. The molecule has 0 aliphatic heterocycles. The first-order valence-corrected chi connectivity index (χ1v) is 20.2. The van der Waals surface area contributed by atoms with Crippen molar-refractivity contribution >= 4 is 11.9 Å². The summed E-state index contributed by atoms with van der Waals surface area (Å²) in [5, 5.41) is 0. The van der Waals surface area contributed by atoms with E-state index < -0.39 is 17.4 Å². The molecule has 6 aromatic carbocycles. The van der Waals surface area contributed by atoms with E-state index in [1.165, 1.54) is 22.3 Å². The summed E-state index contributed by atoms with van der Waals surface area (Å²) in [4.78, 5) is 24.3. The third kappa shape index (κ3) is 8.49. The van der Waals surface area contributed by atoms with Crippen LogP contribution in [0.25, 0.3) is 33.4 Å². The number of hydrogen-bond acceptors (Lipinski definition) is 6. The quantitative estimate of drug-likeness (QED) is 0.0718. The number of benzene rings is 6. The molecular weight excluding hydrogens is 733 g/mol. The van der Waals surface area contributed by atoms with Crippen LogP contribution in [0.1, 0.15) is 62.8 Å². The number of fused-ring (bicyclic) bond motifs is 3. The molecule has 0 amide bonds. The summed E-state index contributed by atoms with van der Waals surface area (Å²) in [7, 11) is 0. The first kappa shape index (κ1) is 40.5. The molecule has 0 radical (unpaired) electrons. The predicted octanol–water partition coefficient (Wildman–Crippen LogP) is 11.9. The van der Waals surface area contributed by atoms with Crippen LogP contribution < -0.4 is 9.47 Å². The summed E-state index contributed by atoms with van der Waals surface area (Å²) in [6, 6.07) is 51.0. The highest BCUT2D eigenvalue weighted by molar-refractivity contribution is 5.89. The lowest BCUT2D eigenvalue weighted by atomic mass is 9.67. The number of hydrogen-bond donors (Lipinski definition) is 0. The van der Waals surface area contributed by atoms with Gasteiger partial charge in [-0.3, -0.25) is 0 Å². The minimum atomic E-state index is -0.714. The molecule has 1 aliphatic rings. The molecular formula is C53H50O6. The molecule has 2 atom stereocenters. The summed E-state index contributed by atoms with van der Waals surface area (Å²) in [5.74, 6) is 0.677. The van der Waals surface area contributed by atoms with Gasteiger partial charge in [-0.15, -0.1) is 0 Å². The zero-order valence-electron chi connectivity index (χ0n) is 34.2. The summed E-state index contributed by atoms with van der Waals surface area (Å²) < 4.78 is 24.1. The van der Waals surface area contributed by atoms with E-state index in [1.807, 2.05) is 50.2 Å². The van der Waals surface area contributed by atoms with Gasteiger partial charge in [-0.1, -0.05) is 134 Å². The van der Waals surface area contributed by atoms with E-state index in [-0.39, 0.29) is 12.2 Å². The average Bonchev–Trinajstić information content (AvgIpc) is 3.55. The normalized spacial score (nSPS) is 13.3. The average molecular weight is 783 g/mol. The van der Waals surface area contributed by atoms with E-state index in [2.05, 4.69) is 122 Å². The fourth-order valence-corrected chi connectivity index (χ4v) is 7.84. The largest absolute Gasteiger partial charge is 0.493 e. The predicted molar refractivity (Wildman–Crippen MR) is 236 cm³/mol.